The van der Waals surface area contributed by atoms with E-state index in [1.54, 1.807) is 5.57 Å². The number of hydrogen-bond donors (Lipinski definition) is 0. The van der Waals surface area contributed by atoms with Gasteiger partial charge in [0.25, 0.3) is 0 Å². The second kappa shape index (κ2) is 1.50. The molecule has 0 aromatic heterocycles. The third-order valence-corrected chi connectivity index (χ3v) is 2.55. The van der Waals surface area contributed by atoms with Crippen LogP contribution in [-0.2, 0) is 0 Å². The molecule has 0 saturated heterocycles. The molecule has 0 radical (unpaired) electrons. The fraction of sp³-hybridized carbons (Fsp3) is 0.556. The maximum absolute atomic E-state index is 2.37. The van der Waals surface area contributed by atoms with Crippen molar-refractivity contribution in [2.24, 2.45) is 5.41 Å². The number of allylic oxidation sites excluding steroid dienone is 4. The van der Waals surface area contributed by atoms with Crippen LogP contribution in [0.4, 0.5) is 0 Å². The number of hydrogen-bond acceptors (Lipinski definition) is 0. The van der Waals surface area contributed by atoms with Gasteiger partial charge in [-0.25, -0.2) is 0 Å². The zero-order chi connectivity index (χ0) is 6.32. The van der Waals surface area contributed by atoms with E-state index in [-0.39, 0.29) is 0 Å². The van der Waals surface area contributed by atoms with E-state index >= 15 is 0 Å². The summed E-state index contributed by atoms with van der Waals surface area (Å²) in [5.41, 5.74) is 2.28. The lowest BCUT2D eigenvalue weighted by Gasteiger charge is -2.07. The molecule has 0 N–H and O–H groups in total. The molecule has 2 aliphatic rings. The fourth-order valence-corrected chi connectivity index (χ4v) is 1.40. The van der Waals surface area contributed by atoms with E-state index in [1.807, 2.05) is 0 Å². The molecule has 9 heavy (non-hydrogen) atoms. The number of rotatable bonds is 1. The highest BCUT2D eigenvalue weighted by atomic mass is 14.4. The molecule has 48 valence electrons. The lowest BCUT2D eigenvalue weighted by Crippen LogP contribution is -1.94. The fourth-order valence-electron chi connectivity index (χ4n) is 1.40. The molecule has 0 atom stereocenters. The average molecular weight is 120 g/mol. The molecule has 0 bridgehead atoms. The van der Waals surface area contributed by atoms with E-state index in [9.17, 15) is 0 Å². The minimum atomic E-state index is 0.628. The second-order valence-corrected chi connectivity index (χ2v) is 3.38. The molecule has 1 saturated carbocycles. The Morgan fingerprint density at radius 2 is 2.22 bits per heavy atom. The van der Waals surface area contributed by atoms with Crippen molar-refractivity contribution in [1.29, 1.82) is 0 Å². The van der Waals surface area contributed by atoms with Crippen molar-refractivity contribution >= 4 is 0 Å². The minimum absolute atomic E-state index is 0.628. The third kappa shape index (κ3) is 0.735. The summed E-state index contributed by atoms with van der Waals surface area (Å²) in [6, 6.07) is 0. The third-order valence-electron chi connectivity index (χ3n) is 2.55. The summed E-state index contributed by atoms with van der Waals surface area (Å²) < 4.78 is 0. The van der Waals surface area contributed by atoms with Crippen molar-refractivity contribution in [3.05, 3.63) is 23.8 Å². The smallest absolute Gasteiger partial charge is 0.0110 e. The van der Waals surface area contributed by atoms with Gasteiger partial charge in [-0.05, 0) is 24.7 Å². The van der Waals surface area contributed by atoms with Crippen molar-refractivity contribution in [2.45, 2.75) is 26.2 Å². The minimum Gasteiger partial charge on any atom is -0.0804 e. The summed E-state index contributed by atoms with van der Waals surface area (Å²) in [5, 5.41) is 0. The van der Waals surface area contributed by atoms with Crippen LogP contribution >= 0.6 is 0 Å². The lowest BCUT2D eigenvalue weighted by atomic mass is 9.98. The molecule has 0 amide bonds. The molecule has 0 heterocycles. The lowest BCUT2D eigenvalue weighted by molar-refractivity contribution is 0.676. The van der Waals surface area contributed by atoms with E-state index in [1.165, 1.54) is 19.3 Å². The SMILES string of the molecule is CC1(C2=CC=CC2)CC1. The van der Waals surface area contributed by atoms with Gasteiger partial charge in [0.05, 0.1) is 0 Å². The summed E-state index contributed by atoms with van der Waals surface area (Å²) in [7, 11) is 0. The molecule has 0 aromatic rings. The van der Waals surface area contributed by atoms with Gasteiger partial charge in [0, 0.05) is 0 Å². The van der Waals surface area contributed by atoms with Crippen LogP contribution in [0.3, 0.4) is 0 Å². The van der Waals surface area contributed by atoms with Crippen LogP contribution in [0.1, 0.15) is 26.2 Å². The van der Waals surface area contributed by atoms with Gasteiger partial charge in [0.2, 0.25) is 0 Å². The molecule has 0 heteroatoms. The van der Waals surface area contributed by atoms with Gasteiger partial charge in [-0.1, -0.05) is 30.7 Å². The molecule has 2 aliphatic carbocycles. The first-order valence-corrected chi connectivity index (χ1v) is 3.67. The van der Waals surface area contributed by atoms with E-state index in [0.717, 1.165) is 0 Å². The van der Waals surface area contributed by atoms with Gasteiger partial charge >= 0.3 is 0 Å². The Morgan fingerprint density at radius 3 is 2.67 bits per heavy atom. The average Bonchev–Trinajstić information content (AvgIpc) is 2.46. The Labute approximate surface area is 56.3 Å². The monoisotopic (exact) mass is 120 g/mol. The maximum Gasteiger partial charge on any atom is -0.0110 e. The van der Waals surface area contributed by atoms with E-state index < -0.39 is 0 Å². The van der Waals surface area contributed by atoms with Crippen LogP contribution < -0.4 is 0 Å². The van der Waals surface area contributed by atoms with Crippen LogP contribution in [0.2, 0.25) is 0 Å². The highest BCUT2D eigenvalue weighted by Gasteiger charge is 2.40. The summed E-state index contributed by atoms with van der Waals surface area (Å²) in [4.78, 5) is 0. The maximum atomic E-state index is 2.37. The van der Waals surface area contributed by atoms with Crippen LogP contribution in [-0.4, -0.2) is 0 Å². The summed E-state index contributed by atoms with van der Waals surface area (Å²) >= 11 is 0. The van der Waals surface area contributed by atoms with Crippen molar-refractivity contribution in [2.75, 3.05) is 0 Å². The highest BCUT2D eigenvalue weighted by Crippen LogP contribution is 2.53. The summed E-state index contributed by atoms with van der Waals surface area (Å²) in [6.45, 7) is 2.37. The Bertz CT molecular complexity index is 180. The van der Waals surface area contributed by atoms with Crippen LogP contribution in [0.25, 0.3) is 0 Å². The van der Waals surface area contributed by atoms with Crippen LogP contribution in [0.5, 0.6) is 0 Å². The first-order chi connectivity index (χ1) is 4.31. The van der Waals surface area contributed by atoms with Crippen molar-refractivity contribution in [3.8, 4) is 0 Å². The Morgan fingerprint density at radius 1 is 1.44 bits per heavy atom. The molecule has 0 spiro atoms. The van der Waals surface area contributed by atoms with Crippen LogP contribution in [0.15, 0.2) is 23.8 Å². The van der Waals surface area contributed by atoms with E-state index in [4.69, 9.17) is 0 Å². The Kier molecular flexibility index (Phi) is 0.879. The van der Waals surface area contributed by atoms with Gasteiger partial charge in [0.15, 0.2) is 0 Å². The summed E-state index contributed by atoms with van der Waals surface area (Å²) in [5.74, 6) is 0. The van der Waals surface area contributed by atoms with Crippen molar-refractivity contribution in [1.82, 2.24) is 0 Å². The predicted molar refractivity (Wildman–Crippen MR) is 39.2 cm³/mol. The summed E-state index contributed by atoms with van der Waals surface area (Å²) in [6.07, 6.45) is 10.8. The highest BCUT2D eigenvalue weighted by molar-refractivity contribution is 5.31. The topological polar surface area (TPSA) is 0 Å². The van der Waals surface area contributed by atoms with Gasteiger partial charge in [-0.15, -0.1) is 0 Å². The van der Waals surface area contributed by atoms with E-state index in [0.29, 0.717) is 5.41 Å². The van der Waals surface area contributed by atoms with Gasteiger partial charge in [-0.2, -0.15) is 0 Å². The largest absolute Gasteiger partial charge is 0.0804 e. The first kappa shape index (κ1) is 5.28. The molecular weight excluding hydrogens is 108 g/mol. The molecule has 0 aromatic carbocycles. The first-order valence-electron chi connectivity index (χ1n) is 3.67. The van der Waals surface area contributed by atoms with E-state index in [2.05, 4.69) is 25.2 Å². The van der Waals surface area contributed by atoms with Crippen LogP contribution in [0, 0.1) is 5.41 Å². The molecule has 0 nitrogen and oxygen atoms in total. The standard InChI is InChI=1S/C9H12/c1-9(6-7-9)8-4-2-3-5-8/h2-4H,5-7H2,1H3. The van der Waals surface area contributed by atoms with Gasteiger partial charge < -0.3 is 0 Å². The van der Waals surface area contributed by atoms with Gasteiger partial charge in [0.1, 0.15) is 0 Å². The second-order valence-electron chi connectivity index (χ2n) is 3.38. The Balaban J connectivity index is 2.16. The Hall–Kier alpha value is -0.520. The molecule has 2 rings (SSSR count). The molecular formula is C9H12. The molecule has 0 aliphatic heterocycles. The predicted octanol–water partition coefficient (Wildman–Crippen LogP) is 2.67. The molecule has 0 unspecified atom stereocenters. The van der Waals surface area contributed by atoms with Gasteiger partial charge in [-0.3, -0.25) is 0 Å². The zero-order valence-electron chi connectivity index (χ0n) is 5.85. The van der Waals surface area contributed by atoms with Crippen molar-refractivity contribution in [3.63, 3.8) is 0 Å². The van der Waals surface area contributed by atoms with Crippen molar-refractivity contribution < 1.29 is 0 Å². The quantitative estimate of drug-likeness (QED) is 0.499. The zero-order valence-corrected chi connectivity index (χ0v) is 5.85. The molecule has 1 fully saturated rings. The normalized spacial score (nSPS) is 28.3.